The van der Waals surface area contributed by atoms with E-state index in [2.05, 4.69) is 16.6 Å². The highest BCUT2D eigenvalue weighted by molar-refractivity contribution is 5.90. The Bertz CT molecular complexity index is 774. The number of hydrogen-bond acceptors (Lipinski definition) is 5. The average Bonchev–Trinajstić information content (AvgIpc) is 2.45. The summed E-state index contributed by atoms with van der Waals surface area (Å²) in [6.45, 7) is 0. The van der Waals surface area contributed by atoms with Gasteiger partial charge in [0, 0.05) is 11.5 Å². The number of fused-ring (bicyclic) bond motifs is 1. The Morgan fingerprint density at radius 3 is 2.89 bits per heavy atom. The zero-order chi connectivity index (χ0) is 13.8. The van der Waals surface area contributed by atoms with Crippen LogP contribution in [0, 0.1) is 11.8 Å². The molecule has 0 unspecified atom stereocenters. The number of ether oxygens (including phenoxy) is 1. The van der Waals surface area contributed by atoms with E-state index in [1.165, 1.54) is 13.2 Å². The van der Waals surface area contributed by atoms with Gasteiger partial charge in [-0.2, -0.15) is 0 Å². The van der Waals surface area contributed by atoms with Gasteiger partial charge in [0.2, 0.25) is 5.43 Å². The fourth-order valence-electron chi connectivity index (χ4n) is 1.48. The van der Waals surface area contributed by atoms with Gasteiger partial charge < -0.3 is 9.15 Å². The van der Waals surface area contributed by atoms with Crippen LogP contribution >= 0.6 is 0 Å². The third kappa shape index (κ3) is 2.53. The van der Waals surface area contributed by atoms with Gasteiger partial charge in [0.15, 0.2) is 6.29 Å². The molecule has 0 fully saturated rings. The second kappa shape index (κ2) is 5.19. The van der Waals surface area contributed by atoms with Crippen LogP contribution in [-0.4, -0.2) is 19.4 Å². The average molecular weight is 256 g/mol. The Balaban J connectivity index is 2.58. The Hall–Kier alpha value is -2.87. The molecule has 0 aliphatic rings. The maximum Gasteiger partial charge on any atom is 0.384 e. The number of esters is 1. The molecule has 1 aromatic carbocycles. The van der Waals surface area contributed by atoms with Crippen LogP contribution in [-0.2, 0) is 9.53 Å². The third-order valence-electron chi connectivity index (χ3n) is 2.42. The maximum atomic E-state index is 11.9. The summed E-state index contributed by atoms with van der Waals surface area (Å²) in [7, 11) is 1.22. The van der Waals surface area contributed by atoms with E-state index in [1.807, 2.05) is 0 Å². The monoisotopic (exact) mass is 256 g/mol. The van der Waals surface area contributed by atoms with Crippen molar-refractivity contribution >= 4 is 23.2 Å². The molecule has 1 aromatic heterocycles. The Labute approximate surface area is 107 Å². The number of hydrogen-bond donors (Lipinski definition) is 0. The zero-order valence-corrected chi connectivity index (χ0v) is 9.93. The minimum absolute atomic E-state index is 0.0643. The normalized spacial score (nSPS) is 9.53. The van der Waals surface area contributed by atoms with Gasteiger partial charge in [0.05, 0.1) is 18.1 Å². The van der Waals surface area contributed by atoms with E-state index in [0.717, 1.165) is 6.26 Å². The quantitative estimate of drug-likeness (QED) is 0.434. The van der Waals surface area contributed by atoms with Crippen LogP contribution in [0.25, 0.3) is 11.0 Å². The lowest BCUT2D eigenvalue weighted by Crippen LogP contribution is -2.07. The molecule has 0 radical (unpaired) electrons. The molecule has 1 heterocycles. The van der Waals surface area contributed by atoms with Gasteiger partial charge in [-0.25, -0.2) is 4.79 Å². The van der Waals surface area contributed by atoms with Gasteiger partial charge >= 0.3 is 5.97 Å². The number of benzene rings is 1. The minimum Gasteiger partial charge on any atom is -0.463 e. The molecular formula is C14H8O5. The second-order valence-electron chi connectivity index (χ2n) is 3.59. The predicted octanol–water partition coefficient (Wildman–Crippen LogP) is 1.13. The van der Waals surface area contributed by atoms with E-state index >= 15 is 0 Å². The van der Waals surface area contributed by atoms with Crippen molar-refractivity contribution in [2.75, 3.05) is 7.11 Å². The molecule has 0 amide bonds. The topological polar surface area (TPSA) is 73.6 Å². The van der Waals surface area contributed by atoms with E-state index < -0.39 is 11.4 Å². The summed E-state index contributed by atoms with van der Waals surface area (Å²) < 4.78 is 9.53. The van der Waals surface area contributed by atoms with Crippen LogP contribution in [0.4, 0.5) is 0 Å². The molecule has 2 aromatic rings. The molecule has 0 N–H and O–H groups in total. The summed E-state index contributed by atoms with van der Waals surface area (Å²) in [5.74, 6) is 4.13. The fourth-order valence-corrected chi connectivity index (χ4v) is 1.48. The molecule has 94 valence electrons. The van der Waals surface area contributed by atoms with E-state index in [9.17, 15) is 14.4 Å². The van der Waals surface area contributed by atoms with Crippen molar-refractivity contribution in [3.05, 3.63) is 45.8 Å². The molecule has 0 bridgehead atoms. The summed E-state index contributed by atoms with van der Waals surface area (Å²) in [6.07, 6.45) is 1.54. The molecule has 2 rings (SSSR count). The van der Waals surface area contributed by atoms with Crippen molar-refractivity contribution in [1.82, 2.24) is 0 Å². The number of carbonyl (C=O) groups excluding carboxylic acids is 2. The molecule has 0 spiro atoms. The van der Waals surface area contributed by atoms with Gasteiger partial charge in [0.1, 0.15) is 11.8 Å². The van der Waals surface area contributed by atoms with Crippen molar-refractivity contribution in [3.8, 4) is 11.8 Å². The standard InChI is InChI=1S/C14H8O5/c1-18-13(16)5-3-9-2-4-12-11(6-9)14(17)10(7-15)8-19-12/h2,4,6-8H,1H3. The summed E-state index contributed by atoms with van der Waals surface area (Å²) in [6, 6.07) is 4.61. The first-order chi connectivity index (χ1) is 9.15. The van der Waals surface area contributed by atoms with Gasteiger partial charge in [0.25, 0.3) is 0 Å². The summed E-state index contributed by atoms with van der Waals surface area (Å²) in [5, 5.41) is 0.237. The van der Waals surface area contributed by atoms with Gasteiger partial charge in [-0.05, 0) is 18.2 Å². The van der Waals surface area contributed by atoms with Crippen molar-refractivity contribution in [2.24, 2.45) is 0 Å². The molecular weight excluding hydrogens is 248 g/mol. The molecule has 0 saturated carbocycles. The number of rotatable bonds is 1. The van der Waals surface area contributed by atoms with Crippen molar-refractivity contribution < 1.29 is 18.7 Å². The van der Waals surface area contributed by atoms with E-state index in [4.69, 9.17) is 4.42 Å². The van der Waals surface area contributed by atoms with E-state index in [-0.39, 0.29) is 10.9 Å². The lowest BCUT2D eigenvalue weighted by molar-refractivity contribution is -0.133. The summed E-state index contributed by atoms with van der Waals surface area (Å²) in [5.41, 5.74) is 0.302. The van der Waals surface area contributed by atoms with Crippen LogP contribution in [0.1, 0.15) is 15.9 Å². The molecule has 0 saturated heterocycles. The van der Waals surface area contributed by atoms with Gasteiger partial charge in [-0.15, -0.1) is 0 Å². The lowest BCUT2D eigenvalue weighted by atomic mass is 10.1. The zero-order valence-electron chi connectivity index (χ0n) is 9.93. The van der Waals surface area contributed by atoms with Crippen LogP contribution in [0.2, 0.25) is 0 Å². The number of aldehydes is 1. The predicted molar refractivity (Wildman–Crippen MR) is 66.8 cm³/mol. The first-order valence-electron chi connectivity index (χ1n) is 5.26. The molecule has 19 heavy (non-hydrogen) atoms. The first kappa shape index (κ1) is 12.6. The largest absolute Gasteiger partial charge is 0.463 e. The highest BCUT2D eigenvalue weighted by Crippen LogP contribution is 2.12. The Morgan fingerprint density at radius 1 is 1.42 bits per heavy atom. The Kier molecular flexibility index (Phi) is 3.44. The molecule has 0 aliphatic carbocycles. The van der Waals surface area contributed by atoms with Crippen LogP contribution in [0.3, 0.4) is 0 Å². The third-order valence-corrected chi connectivity index (χ3v) is 2.42. The maximum absolute atomic E-state index is 11.9. The smallest absolute Gasteiger partial charge is 0.384 e. The lowest BCUT2D eigenvalue weighted by Gasteiger charge is -1.98. The van der Waals surface area contributed by atoms with Gasteiger partial charge in [-0.3, -0.25) is 9.59 Å². The highest BCUT2D eigenvalue weighted by Gasteiger charge is 2.06. The Morgan fingerprint density at radius 2 is 2.21 bits per heavy atom. The van der Waals surface area contributed by atoms with Crippen molar-refractivity contribution in [3.63, 3.8) is 0 Å². The fraction of sp³-hybridized carbons (Fsp3) is 0.0714. The molecule has 5 nitrogen and oxygen atoms in total. The summed E-state index contributed by atoms with van der Waals surface area (Å²) in [4.78, 5) is 33.4. The number of carbonyl (C=O) groups is 2. The van der Waals surface area contributed by atoms with E-state index in [1.54, 1.807) is 12.1 Å². The molecule has 0 aliphatic heterocycles. The molecule has 0 atom stereocenters. The highest BCUT2D eigenvalue weighted by atomic mass is 16.5. The SMILES string of the molecule is COC(=O)C#Cc1ccc2occ(C=O)c(=O)c2c1. The minimum atomic E-state index is -0.672. The molecule has 5 heteroatoms. The van der Waals surface area contributed by atoms with Crippen LogP contribution in [0.15, 0.2) is 33.7 Å². The van der Waals surface area contributed by atoms with Crippen molar-refractivity contribution in [1.29, 1.82) is 0 Å². The van der Waals surface area contributed by atoms with Crippen molar-refractivity contribution in [2.45, 2.75) is 0 Å². The van der Waals surface area contributed by atoms with Crippen LogP contribution in [0.5, 0.6) is 0 Å². The number of methoxy groups -OCH3 is 1. The van der Waals surface area contributed by atoms with Gasteiger partial charge in [-0.1, -0.05) is 5.92 Å². The van der Waals surface area contributed by atoms with E-state index in [0.29, 0.717) is 17.4 Å². The van der Waals surface area contributed by atoms with Crippen LogP contribution < -0.4 is 5.43 Å². The second-order valence-corrected chi connectivity index (χ2v) is 3.59. The summed E-state index contributed by atoms with van der Waals surface area (Å²) >= 11 is 0. The first-order valence-corrected chi connectivity index (χ1v) is 5.26.